The van der Waals surface area contributed by atoms with E-state index in [0.717, 1.165) is 37.7 Å². The van der Waals surface area contributed by atoms with Gasteiger partial charge in [0.15, 0.2) is 0 Å². The van der Waals surface area contributed by atoms with E-state index < -0.39 is 0 Å². The topological polar surface area (TPSA) is 37.8 Å². The highest BCUT2D eigenvalue weighted by atomic mass is 14.9. The average molecular weight is 259 g/mol. The summed E-state index contributed by atoms with van der Waals surface area (Å²) in [5, 5.41) is 3.54. The number of hydrogen-bond donors (Lipinski definition) is 1. The first-order chi connectivity index (χ1) is 9.21. The number of aromatic nitrogens is 2. The van der Waals surface area contributed by atoms with Gasteiger partial charge < -0.3 is 5.32 Å². The number of fused-ring (bicyclic) bond motifs is 1. The summed E-state index contributed by atoms with van der Waals surface area (Å²) < 4.78 is 0. The Morgan fingerprint density at radius 1 is 1.42 bits per heavy atom. The Kier molecular flexibility index (Phi) is 3.57. The van der Waals surface area contributed by atoms with Crippen molar-refractivity contribution >= 4 is 0 Å². The van der Waals surface area contributed by atoms with Crippen LogP contribution in [0.15, 0.2) is 6.20 Å². The molecule has 3 nitrogen and oxygen atoms in total. The van der Waals surface area contributed by atoms with E-state index in [2.05, 4.69) is 30.3 Å². The molecule has 0 spiro atoms. The number of hydrogen-bond acceptors (Lipinski definition) is 3. The molecule has 2 aliphatic carbocycles. The zero-order valence-electron chi connectivity index (χ0n) is 12.2. The van der Waals surface area contributed by atoms with Gasteiger partial charge in [-0.15, -0.1) is 0 Å². The molecule has 3 heteroatoms. The lowest BCUT2D eigenvalue weighted by Gasteiger charge is -2.24. The third-order valence-electron chi connectivity index (χ3n) is 4.65. The number of nitrogens with one attached hydrogen (secondary N) is 1. The maximum absolute atomic E-state index is 4.85. The van der Waals surface area contributed by atoms with Crippen molar-refractivity contribution in [1.29, 1.82) is 0 Å². The monoisotopic (exact) mass is 259 g/mol. The van der Waals surface area contributed by atoms with Gasteiger partial charge in [-0.3, -0.25) is 0 Å². The summed E-state index contributed by atoms with van der Waals surface area (Å²) >= 11 is 0. The van der Waals surface area contributed by atoms with Crippen LogP contribution in [0.1, 0.15) is 56.6 Å². The molecule has 1 unspecified atom stereocenters. The molecule has 1 aromatic rings. The highest BCUT2D eigenvalue weighted by molar-refractivity contribution is 5.25. The predicted molar refractivity (Wildman–Crippen MR) is 77.3 cm³/mol. The molecule has 0 aromatic carbocycles. The molecule has 1 N–H and O–H groups in total. The van der Waals surface area contributed by atoms with E-state index in [9.17, 15) is 0 Å². The fraction of sp³-hybridized carbons (Fsp3) is 0.750. The molecule has 1 saturated carbocycles. The first-order valence-corrected chi connectivity index (χ1v) is 7.77. The largest absolute Gasteiger partial charge is 0.316 e. The van der Waals surface area contributed by atoms with Crippen LogP contribution < -0.4 is 5.32 Å². The maximum atomic E-state index is 4.85. The molecule has 3 rings (SSSR count). The minimum Gasteiger partial charge on any atom is -0.316 e. The SMILES string of the molecule is CCCNCC1CCc2nc(C3(C)CC3)ncc2C1. The molecule has 104 valence electrons. The summed E-state index contributed by atoms with van der Waals surface area (Å²) in [5.41, 5.74) is 3.02. The molecule has 0 radical (unpaired) electrons. The van der Waals surface area contributed by atoms with Gasteiger partial charge in [0.2, 0.25) is 0 Å². The summed E-state index contributed by atoms with van der Waals surface area (Å²) in [4.78, 5) is 9.47. The standard InChI is InChI=1S/C16H25N3/c1-3-8-17-10-12-4-5-14-13(9-12)11-18-15(19-14)16(2)6-7-16/h11-12,17H,3-10H2,1-2H3. The number of rotatable bonds is 5. The lowest BCUT2D eigenvalue weighted by atomic mass is 9.87. The van der Waals surface area contributed by atoms with Gasteiger partial charge in [-0.05, 0) is 63.1 Å². The number of aryl methyl sites for hydroxylation is 1. The lowest BCUT2D eigenvalue weighted by Crippen LogP contribution is -2.28. The van der Waals surface area contributed by atoms with Gasteiger partial charge in [-0.2, -0.15) is 0 Å². The predicted octanol–water partition coefficient (Wildman–Crippen LogP) is 2.63. The van der Waals surface area contributed by atoms with Crippen LogP contribution in [0.4, 0.5) is 0 Å². The Labute approximate surface area is 116 Å². The first kappa shape index (κ1) is 13.0. The van der Waals surface area contributed by atoms with Gasteiger partial charge in [-0.1, -0.05) is 13.8 Å². The molecule has 1 heterocycles. The van der Waals surface area contributed by atoms with Crippen molar-refractivity contribution < 1.29 is 0 Å². The minimum atomic E-state index is 0.300. The summed E-state index contributed by atoms with van der Waals surface area (Å²) in [6.45, 7) is 6.79. The summed E-state index contributed by atoms with van der Waals surface area (Å²) in [7, 11) is 0. The van der Waals surface area contributed by atoms with Crippen LogP contribution in [0.3, 0.4) is 0 Å². The smallest absolute Gasteiger partial charge is 0.134 e. The summed E-state index contributed by atoms with van der Waals surface area (Å²) in [5.74, 6) is 1.86. The van der Waals surface area contributed by atoms with Crippen molar-refractivity contribution in [2.75, 3.05) is 13.1 Å². The Morgan fingerprint density at radius 3 is 3.00 bits per heavy atom. The van der Waals surface area contributed by atoms with Gasteiger partial charge in [0, 0.05) is 17.3 Å². The maximum Gasteiger partial charge on any atom is 0.134 e. The van der Waals surface area contributed by atoms with E-state index in [0.29, 0.717) is 5.41 Å². The van der Waals surface area contributed by atoms with E-state index in [1.165, 1.54) is 36.9 Å². The second-order valence-electron chi connectivity index (χ2n) is 6.54. The van der Waals surface area contributed by atoms with Crippen molar-refractivity contribution in [2.24, 2.45) is 5.92 Å². The van der Waals surface area contributed by atoms with Crippen molar-refractivity contribution in [1.82, 2.24) is 15.3 Å². The van der Waals surface area contributed by atoms with Crippen LogP contribution in [0.5, 0.6) is 0 Å². The van der Waals surface area contributed by atoms with E-state index in [1.54, 1.807) is 0 Å². The molecule has 19 heavy (non-hydrogen) atoms. The third kappa shape index (κ3) is 2.81. The summed E-state index contributed by atoms with van der Waals surface area (Å²) in [6.07, 6.45) is 9.41. The average Bonchev–Trinajstić information content (AvgIpc) is 3.18. The fourth-order valence-corrected chi connectivity index (χ4v) is 2.94. The van der Waals surface area contributed by atoms with Gasteiger partial charge in [-0.25, -0.2) is 9.97 Å². The van der Waals surface area contributed by atoms with Gasteiger partial charge >= 0.3 is 0 Å². The normalized spacial score (nSPS) is 24.0. The van der Waals surface area contributed by atoms with Crippen molar-refractivity contribution in [3.05, 3.63) is 23.3 Å². The first-order valence-electron chi connectivity index (χ1n) is 7.77. The van der Waals surface area contributed by atoms with Crippen LogP contribution in [0.25, 0.3) is 0 Å². The Balaban J connectivity index is 1.65. The van der Waals surface area contributed by atoms with Gasteiger partial charge in [0.05, 0.1) is 0 Å². The molecule has 2 aliphatic rings. The second-order valence-corrected chi connectivity index (χ2v) is 6.54. The molecule has 0 aliphatic heterocycles. The summed E-state index contributed by atoms with van der Waals surface area (Å²) in [6, 6.07) is 0. The van der Waals surface area contributed by atoms with Crippen molar-refractivity contribution in [2.45, 2.75) is 57.8 Å². The van der Waals surface area contributed by atoms with Gasteiger partial charge in [0.25, 0.3) is 0 Å². The van der Waals surface area contributed by atoms with Crippen molar-refractivity contribution in [3.8, 4) is 0 Å². The Hall–Kier alpha value is -0.960. The molecule has 0 bridgehead atoms. The van der Waals surface area contributed by atoms with E-state index in [-0.39, 0.29) is 0 Å². The molecular weight excluding hydrogens is 234 g/mol. The van der Waals surface area contributed by atoms with E-state index >= 15 is 0 Å². The highest BCUT2D eigenvalue weighted by Crippen LogP contribution is 2.46. The van der Waals surface area contributed by atoms with E-state index in [4.69, 9.17) is 4.98 Å². The highest BCUT2D eigenvalue weighted by Gasteiger charge is 2.42. The van der Waals surface area contributed by atoms with Crippen LogP contribution in [-0.2, 0) is 18.3 Å². The van der Waals surface area contributed by atoms with Crippen LogP contribution in [0.2, 0.25) is 0 Å². The fourth-order valence-electron chi connectivity index (χ4n) is 2.94. The zero-order chi connectivity index (χ0) is 13.3. The number of nitrogens with zero attached hydrogens (tertiary/aromatic N) is 2. The second kappa shape index (κ2) is 5.20. The molecule has 1 fully saturated rings. The molecule has 1 atom stereocenters. The quantitative estimate of drug-likeness (QED) is 0.826. The Bertz CT molecular complexity index is 451. The third-order valence-corrected chi connectivity index (χ3v) is 4.65. The van der Waals surface area contributed by atoms with Gasteiger partial charge in [0.1, 0.15) is 5.82 Å². The molecule has 0 amide bonds. The van der Waals surface area contributed by atoms with Crippen molar-refractivity contribution in [3.63, 3.8) is 0 Å². The van der Waals surface area contributed by atoms with Crippen LogP contribution in [-0.4, -0.2) is 23.1 Å². The van der Waals surface area contributed by atoms with Crippen LogP contribution >= 0.6 is 0 Å². The molecule has 1 aromatic heterocycles. The molecular formula is C16H25N3. The Morgan fingerprint density at radius 2 is 2.26 bits per heavy atom. The zero-order valence-corrected chi connectivity index (χ0v) is 12.2. The van der Waals surface area contributed by atoms with E-state index in [1.807, 2.05) is 0 Å². The van der Waals surface area contributed by atoms with Crippen LogP contribution in [0, 0.1) is 5.92 Å². The molecule has 0 saturated heterocycles. The minimum absolute atomic E-state index is 0.300. The lowest BCUT2D eigenvalue weighted by molar-refractivity contribution is 0.418.